The molecule has 0 saturated heterocycles. The minimum Gasteiger partial charge on any atom is -0.462 e. The SMILES string of the molecule is CCOC(=O)c1ccc(S(=O)(=O)NC2CCCCC2C(F)(F)F)cc1. The van der Waals surface area contributed by atoms with Gasteiger partial charge in [0.25, 0.3) is 0 Å². The molecule has 1 aromatic carbocycles. The second-order valence-electron chi connectivity index (χ2n) is 5.91. The summed E-state index contributed by atoms with van der Waals surface area (Å²) >= 11 is 0. The Morgan fingerprint density at radius 3 is 2.36 bits per heavy atom. The van der Waals surface area contributed by atoms with E-state index in [1.54, 1.807) is 6.92 Å². The molecular weight excluding hydrogens is 359 g/mol. The van der Waals surface area contributed by atoms with Crippen molar-refractivity contribution in [3.63, 3.8) is 0 Å². The molecule has 1 aliphatic rings. The summed E-state index contributed by atoms with van der Waals surface area (Å²) in [6.07, 6.45) is -3.41. The molecule has 140 valence electrons. The third-order valence-corrected chi connectivity index (χ3v) is 5.67. The van der Waals surface area contributed by atoms with Gasteiger partial charge in [-0.1, -0.05) is 12.8 Å². The van der Waals surface area contributed by atoms with Crippen LogP contribution in [0.5, 0.6) is 0 Å². The minimum absolute atomic E-state index is 0.0848. The van der Waals surface area contributed by atoms with E-state index in [4.69, 9.17) is 4.74 Å². The van der Waals surface area contributed by atoms with Crippen LogP contribution in [0, 0.1) is 5.92 Å². The molecule has 2 rings (SSSR count). The van der Waals surface area contributed by atoms with Crippen LogP contribution in [0.1, 0.15) is 43.0 Å². The van der Waals surface area contributed by atoms with Crippen LogP contribution in [0.2, 0.25) is 0 Å². The van der Waals surface area contributed by atoms with Gasteiger partial charge in [-0.15, -0.1) is 0 Å². The Labute approximate surface area is 144 Å². The topological polar surface area (TPSA) is 72.5 Å². The first-order chi connectivity index (χ1) is 11.6. The quantitative estimate of drug-likeness (QED) is 0.797. The highest BCUT2D eigenvalue weighted by Crippen LogP contribution is 2.38. The van der Waals surface area contributed by atoms with Gasteiger partial charge in [0.05, 0.1) is 23.0 Å². The van der Waals surface area contributed by atoms with Crippen molar-refractivity contribution in [1.29, 1.82) is 0 Å². The molecule has 1 aromatic rings. The predicted molar refractivity (Wildman–Crippen MR) is 84.5 cm³/mol. The molecule has 1 N–H and O–H groups in total. The van der Waals surface area contributed by atoms with Crippen LogP contribution in [0.25, 0.3) is 0 Å². The van der Waals surface area contributed by atoms with E-state index >= 15 is 0 Å². The molecule has 9 heteroatoms. The highest BCUT2D eigenvalue weighted by atomic mass is 32.2. The zero-order valence-corrected chi connectivity index (χ0v) is 14.5. The monoisotopic (exact) mass is 379 g/mol. The second kappa shape index (κ2) is 7.74. The van der Waals surface area contributed by atoms with E-state index in [2.05, 4.69) is 4.72 Å². The van der Waals surface area contributed by atoms with Crippen molar-refractivity contribution in [3.8, 4) is 0 Å². The van der Waals surface area contributed by atoms with E-state index in [1.807, 2.05) is 0 Å². The Morgan fingerprint density at radius 1 is 1.20 bits per heavy atom. The molecule has 1 saturated carbocycles. The highest BCUT2D eigenvalue weighted by Gasteiger charge is 2.46. The molecule has 0 aliphatic heterocycles. The normalized spacial score (nSPS) is 21.8. The van der Waals surface area contributed by atoms with Crippen molar-refractivity contribution in [1.82, 2.24) is 4.72 Å². The molecule has 5 nitrogen and oxygen atoms in total. The van der Waals surface area contributed by atoms with Gasteiger partial charge in [-0.05, 0) is 44.0 Å². The maximum absolute atomic E-state index is 13.1. The van der Waals surface area contributed by atoms with Crippen LogP contribution in [-0.2, 0) is 14.8 Å². The minimum atomic E-state index is -4.44. The van der Waals surface area contributed by atoms with E-state index in [0.29, 0.717) is 12.8 Å². The largest absolute Gasteiger partial charge is 0.462 e. The number of carbonyl (C=O) groups excluding carboxylic acids is 1. The number of nitrogens with one attached hydrogen (secondary N) is 1. The third-order valence-electron chi connectivity index (χ3n) is 4.17. The Morgan fingerprint density at radius 2 is 1.80 bits per heavy atom. The molecular formula is C16H20F3NO4S. The Bertz CT molecular complexity index is 701. The van der Waals surface area contributed by atoms with Crippen LogP contribution in [0.4, 0.5) is 13.2 Å². The van der Waals surface area contributed by atoms with Crippen LogP contribution in [-0.4, -0.2) is 33.2 Å². The van der Waals surface area contributed by atoms with Crippen LogP contribution in [0.15, 0.2) is 29.2 Å². The number of rotatable bonds is 5. The van der Waals surface area contributed by atoms with Crippen molar-refractivity contribution >= 4 is 16.0 Å². The summed E-state index contributed by atoms with van der Waals surface area (Å²) in [6, 6.07) is 3.73. The number of ether oxygens (including phenoxy) is 1. The lowest BCUT2D eigenvalue weighted by Gasteiger charge is -2.33. The number of halogens is 3. The average molecular weight is 379 g/mol. The maximum atomic E-state index is 13.1. The highest BCUT2D eigenvalue weighted by molar-refractivity contribution is 7.89. The van der Waals surface area contributed by atoms with E-state index in [9.17, 15) is 26.4 Å². The summed E-state index contributed by atoms with van der Waals surface area (Å²) in [5.41, 5.74) is 0.173. The second-order valence-corrected chi connectivity index (χ2v) is 7.62. The Kier molecular flexibility index (Phi) is 6.10. The van der Waals surface area contributed by atoms with Gasteiger partial charge >= 0.3 is 12.1 Å². The molecule has 0 aromatic heterocycles. The van der Waals surface area contributed by atoms with Crippen molar-refractivity contribution in [2.24, 2.45) is 5.92 Å². The lowest BCUT2D eigenvalue weighted by molar-refractivity contribution is -0.187. The van der Waals surface area contributed by atoms with Gasteiger partial charge in [0, 0.05) is 6.04 Å². The van der Waals surface area contributed by atoms with E-state index in [0.717, 1.165) is 0 Å². The summed E-state index contributed by atoms with van der Waals surface area (Å²) in [5, 5.41) is 0. The van der Waals surface area contributed by atoms with Gasteiger partial charge in [-0.3, -0.25) is 0 Å². The molecule has 0 radical (unpaired) electrons. The van der Waals surface area contributed by atoms with Gasteiger partial charge in [-0.2, -0.15) is 13.2 Å². The number of hydrogen-bond acceptors (Lipinski definition) is 4. The zero-order valence-electron chi connectivity index (χ0n) is 13.7. The van der Waals surface area contributed by atoms with Crippen LogP contribution in [0.3, 0.4) is 0 Å². The summed E-state index contributed by atoms with van der Waals surface area (Å²) in [4.78, 5) is 11.4. The third kappa shape index (κ3) is 4.94. The zero-order chi connectivity index (χ0) is 18.7. The van der Waals surface area contributed by atoms with Crippen molar-refractivity contribution < 1.29 is 31.1 Å². The Balaban J connectivity index is 2.16. The molecule has 2 unspecified atom stereocenters. The van der Waals surface area contributed by atoms with E-state index in [-0.39, 0.29) is 29.9 Å². The number of carbonyl (C=O) groups is 1. The molecule has 2 atom stereocenters. The Hall–Kier alpha value is -1.61. The molecule has 0 heterocycles. The molecule has 1 fully saturated rings. The van der Waals surface area contributed by atoms with Gasteiger partial charge < -0.3 is 4.74 Å². The smallest absolute Gasteiger partial charge is 0.393 e. The molecule has 1 aliphatic carbocycles. The van der Waals surface area contributed by atoms with Crippen molar-refractivity contribution in [3.05, 3.63) is 29.8 Å². The predicted octanol–water partition coefficient (Wildman–Crippen LogP) is 3.26. The van der Waals surface area contributed by atoms with Crippen LogP contribution >= 0.6 is 0 Å². The fourth-order valence-electron chi connectivity index (χ4n) is 2.92. The fourth-order valence-corrected chi connectivity index (χ4v) is 4.23. The number of benzene rings is 1. The number of hydrogen-bond donors (Lipinski definition) is 1. The first-order valence-corrected chi connectivity index (χ1v) is 9.49. The number of esters is 1. The number of alkyl halides is 3. The fraction of sp³-hybridized carbons (Fsp3) is 0.562. The first kappa shape index (κ1) is 19.7. The van der Waals surface area contributed by atoms with Gasteiger partial charge in [0.15, 0.2) is 0 Å². The van der Waals surface area contributed by atoms with Gasteiger partial charge in [0.1, 0.15) is 0 Å². The summed E-state index contributed by atoms with van der Waals surface area (Å²) in [5.74, 6) is -2.28. The molecule has 0 bridgehead atoms. The summed E-state index contributed by atoms with van der Waals surface area (Å²) in [7, 11) is -4.11. The summed E-state index contributed by atoms with van der Waals surface area (Å²) < 4.78 is 71.0. The first-order valence-electron chi connectivity index (χ1n) is 8.01. The van der Waals surface area contributed by atoms with Gasteiger partial charge in [-0.25, -0.2) is 17.9 Å². The molecule has 0 amide bonds. The van der Waals surface area contributed by atoms with Gasteiger partial charge in [0.2, 0.25) is 10.0 Å². The molecule has 0 spiro atoms. The average Bonchev–Trinajstić information content (AvgIpc) is 2.54. The lowest BCUT2D eigenvalue weighted by Crippen LogP contribution is -2.47. The molecule has 25 heavy (non-hydrogen) atoms. The lowest BCUT2D eigenvalue weighted by atomic mass is 9.85. The number of sulfonamides is 1. The standard InChI is InChI=1S/C16H20F3NO4S/c1-2-24-15(21)11-7-9-12(10-8-11)25(22,23)20-14-6-4-3-5-13(14)16(17,18)19/h7-10,13-14,20H,2-6H2,1H3. The van der Waals surface area contributed by atoms with Crippen molar-refractivity contribution in [2.45, 2.75) is 49.7 Å². The van der Waals surface area contributed by atoms with Crippen LogP contribution < -0.4 is 4.72 Å². The van der Waals surface area contributed by atoms with Crippen molar-refractivity contribution in [2.75, 3.05) is 6.61 Å². The summed E-state index contributed by atoms with van der Waals surface area (Å²) in [6.45, 7) is 1.82. The van der Waals surface area contributed by atoms with E-state index < -0.39 is 34.1 Å². The van der Waals surface area contributed by atoms with E-state index in [1.165, 1.54) is 24.3 Å². The maximum Gasteiger partial charge on any atom is 0.393 e.